The summed E-state index contributed by atoms with van der Waals surface area (Å²) in [6.45, 7) is 0.667. The smallest absolute Gasteiger partial charge is 0.271 e. The van der Waals surface area contributed by atoms with Gasteiger partial charge >= 0.3 is 0 Å². The van der Waals surface area contributed by atoms with Crippen molar-refractivity contribution in [2.45, 2.75) is 44.7 Å². The number of hydrogen-bond donors (Lipinski definition) is 3. The number of anilines is 2. The Labute approximate surface area is 210 Å². The number of hydrazone groups is 1. The molecular weight excluding hydrogens is 467 g/mol. The van der Waals surface area contributed by atoms with Crippen molar-refractivity contribution in [3.63, 3.8) is 0 Å². The van der Waals surface area contributed by atoms with E-state index in [0.29, 0.717) is 28.2 Å². The van der Waals surface area contributed by atoms with E-state index >= 15 is 0 Å². The zero-order valence-corrected chi connectivity index (χ0v) is 20.4. The lowest BCUT2D eigenvalue weighted by molar-refractivity contribution is 0.0955. The van der Waals surface area contributed by atoms with Crippen molar-refractivity contribution >= 4 is 46.7 Å². The molecular formula is C27H28Cl2N4O. The van der Waals surface area contributed by atoms with Crippen LogP contribution in [0.4, 0.5) is 11.4 Å². The number of nitrogens with one attached hydrogen (secondary N) is 3. The molecule has 0 spiro atoms. The zero-order valence-electron chi connectivity index (χ0n) is 18.9. The van der Waals surface area contributed by atoms with Gasteiger partial charge < -0.3 is 10.6 Å². The van der Waals surface area contributed by atoms with Gasteiger partial charge in [-0.1, -0.05) is 78.9 Å². The third-order valence-electron chi connectivity index (χ3n) is 5.90. The fraction of sp³-hybridized carbons (Fsp3) is 0.259. The second-order valence-corrected chi connectivity index (χ2v) is 9.27. The van der Waals surface area contributed by atoms with Crippen molar-refractivity contribution in [1.29, 1.82) is 0 Å². The summed E-state index contributed by atoms with van der Waals surface area (Å²) in [4.78, 5) is 12.8. The minimum atomic E-state index is -0.289. The molecule has 3 N–H and O–H groups in total. The lowest BCUT2D eigenvalue weighted by atomic mass is 9.95. The summed E-state index contributed by atoms with van der Waals surface area (Å²) in [5.74, 6) is -0.289. The lowest BCUT2D eigenvalue weighted by Crippen LogP contribution is -2.23. The third kappa shape index (κ3) is 6.75. The van der Waals surface area contributed by atoms with Gasteiger partial charge in [0.15, 0.2) is 0 Å². The number of carbonyl (C=O) groups is 1. The van der Waals surface area contributed by atoms with Gasteiger partial charge in [0.2, 0.25) is 0 Å². The van der Waals surface area contributed by atoms with Crippen molar-refractivity contribution in [3.05, 3.63) is 93.5 Å². The first-order valence-corrected chi connectivity index (χ1v) is 12.3. The SMILES string of the molecule is O=C(N/N=C/c1ccc(Cl)c(Cl)c1)c1ccc(NC2CCCCC2)c(NCc2ccccc2)c1. The van der Waals surface area contributed by atoms with Crippen LogP contribution in [0.1, 0.15) is 53.6 Å². The maximum absolute atomic E-state index is 12.8. The summed E-state index contributed by atoms with van der Waals surface area (Å²) in [6.07, 6.45) is 7.68. The summed E-state index contributed by atoms with van der Waals surface area (Å²) in [6, 6.07) is 21.5. The van der Waals surface area contributed by atoms with E-state index in [1.807, 2.05) is 36.4 Å². The monoisotopic (exact) mass is 494 g/mol. The molecule has 7 heteroatoms. The first kappa shape index (κ1) is 24.1. The molecule has 0 bridgehead atoms. The normalized spacial score (nSPS) is 14.2. The number of rotatable bonds is 8. The summed E-state index contributed by atoms with van der Waals surface area (Å²) in [7, 11) is 0. The number of carbonyl (C=O) groups excluding carboxylic acids is 1. The van der Waals surface area contributed by atoms with Crippen molar-refractivity contribution in [1.82, 2.24) is 5.43 Å². The number of benzene rings is 3. The van der Waals surface area contributed by atoms with Crippen molar-refractivity contribution in [3.8, 4) is 0 Å². The molecule has 1 saturated carbocycles. The minimum Gasteiger partial charge on any atom is -0.381 e. The molecule has 3 aromatic rings. The van der Waals surface area contributed by atoms with Gasteiger partial charge in [-0.3, -0.25) is 4.79 Å². The largest absolute Gasteiger partial charge is 0.381 e. The van der Waals surface area contributed by atoms with Gasteiger partial charge in [0.05, 0.1) is 27.6 Å². The summed E-state index contributed by atoms with van der Waals surface area (Å²) < 4.78 is 0. The van der Waals surface area contributed by atoms with Crippen molar-refractivity contribution in [2.24, 2.45) is 5.10 Å². The molecule has 0 unspecified atom stereocenters. The molecule has 1 aliphatic rings. The Hall–Kier alpha value is -3.02. The van der Waals surface area contributed by atoms with E-state index in [1.165, 1.54) is 43.9 Å². The van der Waals surface area contributed by atoms with Gasteiger partial charge in [0.25, 0.3) is 5.91 Å². The highest BCUT2D eigenvalue weighted by molar-refractivity contribution is 6.42. The van der Waals surface area contributed by atoms with Crippen LogP contribution < -0.4 is 16.1 Å². The highest BCUT2D eigenvalue weighted by Crippen LogP contribution is 2.28. The van der Waals surface area contributed by atoms with E-state index in [4.69, 9.17) is 23.2 Å². The maximum Gasteiger partial charge on any atom is 0.271 e. The molecule has 4 rings (SSSR count). The highest BCUT2D eigenvalue weighted by Gasteiger charge is 2.16. The van der Waals surface area contributed by atoms with E-state index < -0.39 is 0 Å². The Kier molecular flexibility index (Phi) is 8.45. The quantitative estimate of drug-likeness (QED) is 0.230. The minimum absolute atomic E-state index is 0.289. The van der Waals surface area contributed by atoms with Crippen LogP contribution in [0, 0.1) is 0 Å². The van der Waals surface area contributed by atoms with Crippen LogP contribution in [0.3, 0.4) is 0 Å². The summed E-state index contributed by atoms with van der Waals surface area (Å²) in [5.41, 5.74) is 6.94. The standard InChI is InChI=1S/C27H28Cl2N4O/c28-23-13-11-20(15-24(23)29)18-31-33-27(34)21-12-14-25(32-22-9-5-2-6-10-22)26(16-21)30-17-19-7-3-1-4-8-19/h1,3-4,7-8,11-16,18,22,30,32H,2,5-6,9-10,17H2,(H,33,34)/b31-18+. The van der Waals surface area contributed by atoms with Gasteiger partial charge in [-0.2, -0.15) is 5.10 Å². The van der Waals surface area contributed by atoms with Crippen LogP contribution >= 0.6 is 23.2 Å². The van der Waals surface area contributed by atoms with Crippen LogP contribution in [0.15, 0.2) is 71.8 Å². The van der Waals surface area contributed by atoms with Crippen LogP contribution in [-0.2, 0) is 6.54 Å². The molecule has 0 aromatic heterocycles. The molecule has 3 aromatic carbocycles. The molecule has 0 heterocycles. The fourth-order valence-electron chi connectivity index (χ4n) is 4.04. The lowest BCUT2D eigenvalue weighted by Gasteiger charge is -2.25. The topological polar surface area (TPSA) is 65.5 Å². The zero-order chi connectivity index (χ0) is 23.8. The van der Waals surface area contributed by atoms with Crippen LogP contribution in [0.25, 0.3) is 0 Å². The molecule has 5 nitrogen and oxygen atoms in total. The number of hydrogen-bond acceptors (Lipinski definition) is 4. The molecule has 0 saturated heterocycles. The van der Waals surface area contributed by atoms with E-state index in [1.54, 1.807) is 18.2 Å². The van der Waals surface area contributed by atoms with Gasteiger partial charge in [0.1, 0.15) is 0 Å². The number of amides is 1. The van der Waals surface area contributed by atoms with Gasteiger partial charge in [-0.05, 0) is 54.3 Å². The average Bonchev–Trinajstić information content (AvgIpc) is 2.87. The third-order valence-corrected chi connectivity index (χ3v) is 6.63. The molecule has 1 aliphatic carbocycles. The first-order valence-electron chi connectivity index (χ1n) is 11.6. The summed E-state index contributed by atoms with van der Waals surface area (Å²) in [5, 5.41) is 12.2. The molecule has 34 heavy (non-hydrogen) atoms. The summed E-state index contributed by atoms with van der Waals surface area (Å²) >= 11 is 12.0. The average molecular weight is 495 g/mol. The maximum atomic E-state index is 12.8. The number of nitrogens with zero attached hydrogens (tertiary/aromatic N) is 1. The van der Waals surface area contributed by atoms with E-state index in [-0.39, 0.29) is 5.91 Å². The molecule has 1 fully saturated rings. The van der Waals surface area contributed by atoms with Crippen molar-refractivity contribution < 1.29 is 4.79 Å². The van der Waals surface area contributed by atoms with E-state index in [2.05, 4.69) is 33.3 Å². The van der Waals surface area contributed by atoms with Crippen molar-refractivity contribution in [2.75, 3.05) is 10.6 Å². The highest BCUT2D eigenvalue weighted by atomic mass is 35.5. The van der Waals surface area contributed by atoms with Gasteiger partial charge in [0, 0.05) is 18.2 Å². The van der Waals surface area contributed by atoms with Gasteiger partial charge in [-0.25, -0.2) is 5.43 Å². The Bertz CT molecular complexity index is 1140. The Morgan fingerprint density at radius 2 is 1.71 bits per heavy atom. The Morgan fingerprint density at radius 1 is 0.912 bits per heavy atom. The fourth-order valence-corrected chi connectivity index (χ4v) is 4.35. The van der Waals surface area contributed by atoms with Crippen LogP contribution in [0.5, 0.6) is 0 Å². The number of halogens is 2. The van der Waals surface area contributed by atoms with E-state index in [9.17, 15) is 4.79 Å². The Morgan fingerprint density at radius 3 is 2.47 bits per heavy atom. The predicted octanol–water partition coefficient (Wildman–Crippen LogP) is 7.11. The molecule has 0 aliphatic heterocycles. The molecule has 1 amide bonds. The first-order chi connectivity index (χ1) is 16.6. The van der Waals surface area contributed by atoms with Gasteiger partial charge in [-0.15, -0.1) is 0 Å². The molecule has 176 valence electrons. The second-order valence-electron chi connectivity index (χ2n) is 8.45. The van der Waals surface area contributed by atoms with E-state index in [0.717, 1.165) is 16.9 Å². The van der Waals surface area contributed by atoms with Crippen LogP contribution in [0.2, 0.25) is 10.0 Å². The molecule has 0 radical (unpaired) electrons. The van der Waals surface area contributed by atoms with Crippen LogP contribution in [-0.4, -0.2) is 18.2 Å². The molecule has 0 atom stereocenters. The predicted molar refractivity (Wildman–Crippen MR) is 142 cm³/mol. The second kappa shape index (κ2) is 11.9. The Balaban J connectivity index is 1.47.